The van der Waals surface area contributed by atoms with Crippen LogP contribution in [0.1, 0.15) is 16.8 Å². The van der Waals surface area contributed by atoms with E-state index in [1.165, 1.54) is 55.3 Å². The summed E-state index contributed by atoms with van der Waals surface area (Å²) in [6.07, 6.45) is 5.71. The molecule has 0 amide bonds. The molecule has 0 bridgehead atoms. The minimum atomic E-state index is 1.01. The zero-order valence-corrected chi connectivity index (χ0v) is 21.6. The van der Waals surface area contributed by atoms with E-state index in [1.54, 1.807) is 0 Å². The molecule has 0 fully saturated rings. The average molecular weight is 479 g/mol. The molecular formula is C35H30N2. The highest BCUT2D eigenvalue weighted by Crippen LogP contribution is 2.37. The number of rotatable bonds is 5. The number of aromatic nitrogens is 2. The van der Waals surface area contributed by atoms with Crippen molar-refractivity contribution in [3.8, 4) is 16.8 Å². The molecule has 0 saturated carbocycles. The van der Waals surface area contributed by atoms with Gasteiger partial charge >= 0.3 is 0 Å². The molecule has 2 nitrogen and oxygen atoms in total. The van der Waals surface area contributed by atoms with E-state index in [9.17, 15) is 0 Å². The SMILES string of the molecule is C=C/C=C(\C=C)n1c2ccccc2c2cc(-c3ccc4c(C)c(C)n(-c5cccc(C)c5)c4c3)ccc21. The van der Waals surface area contributed by atoms with Gasteiger partial charge in [0.15, 0.2) is 0 Å². The quantitative estimate of drug-likeness (QED) is 0.218. The number of nitrogens with zero attached hydrogens (tertiary/aromatic N) is 2. The first-order valence-electron chi connectivity index (χ1n) is 12.7. The summed E-state index contributed by atoms with van der Waals surface area (Å²) >= 11 is 0. The maximum atomic E-state index is 4.05. The van der Waals surface area contributed by atoms with Crippen LogP contribution in [0.3, 0.4) is 0 Å². The van der Waals surface area contributed by atoms with Crippen LogP contribution >= 0.6 is 0 Å². The third-order valence-corrected chi connectivity index (χ3v) is 7.54. The van der Waals surface area contributed by atoms with Crippen LogP contribution in [-0.4, -0.2) is 9.13 Å². The van der Waals surface area contributed by atoms with Crippen molar-refractivity contribution in [1.82, 2.24) is 9.13 Å². The Kier molecular flexibility index (Phi) is 5.46. The minimum Gasteiger partial charge on any atom is -0.314 e. The number of aryl methyl sites for hydroxylation is 2. The number of fused-ring (bicyclic) bond motifs is 4. The smallest absolute Gasteiger partial charge is 0.0541 e. The monoisotopic (exact) mass is 478 g/mol. The molecule has 0 atom stereocenters. The highest BCUT2D eigenvalue weighted by molar-refractivity contribution is 6.11. The fourth-order valence-corrected chi connectivity index (χ4v) is 5.64. The zero-order valence-electron chi connectivity index (χ0n) is 21.6. The first kappa shape index (κ1) is 22.9. The molecule has 2 heterocycles. The first-order chi connectivity index (χ1) is 18.0. The molecule has 2 heteroatoms. The maximum absolute atomic E-state index is 4.05. The van der Waals surface area contributed by atoms with E-state index in [4.69, 9.17) is 0 Å². The predicted molar refractivity (Wildman–Crippen MR) is 161 cm³/mol. The second-order valence-corrected chi connectivity index (χ2v) is 9.73. The Morgan fingerprint density at radius 2 is 1.43 bits per heavy atom. The van der Waals surface area contributed by atoms with Crippen LogP contribution in [0.15, 0.2) is 116 Å². The van der Waals surface area contributed by atoms with Gasteiger partial charge in [-0.25, -0.2) is 0 Å². The standard InChI is InChI=1S/C35H30N2/c1-6-11-28(7-2)37-33-15-9-8-14-31(33)32-21-26(17-19-34(32)37)27-16-18-30-24(4)25(5)36(35(30)22-27)29-13-10-12-23(3)20-29/h6-22H,1-2H2,3-5H3/b28-11+. The van der Waals surface area contributed by atoms with Crippen LogP contribution in [0.25, 0.3) is 55.2 Å². The fraction of sp³-hybridized carbons (Fsp3) is 0.0857. The van der Waals surface area contributed by atoms with Gasteiger partial charge in [-0.15, -0.1) is 0 Å². The lowest BCUT2D eigenvalue weighted by Gasteiger charge is -2.11. The molecule has 0 N–H and O–H groups in total. The molecule has 0 spiro atoms. The van der Waals surface area contributed by atoms with E-state index in [0.29, 0.717) is 0 Å². The Morgan fingerprint density at radius 3 is 2.22 bits per heavy atom. The second-order valence-electron chi connectivity index (χ2n) is 9.73. The van der Waals surface area contributed by atoms with Crippen LogP contribution in [0.4, 0.5) is 0 Å². The van der Waals surface area contributed by atoms with Gasteiger partial charge in [0.1, 0.15) is 0 Å². The molecule has 180 valence electrons. The van der Waals surface area contributed by atoms with Crippen molar-refractivity contribution in [2.75, 3.05) is 0 Å². The number of para-hydroxylation sites is 1. The van der Waals surface area contributed by atoms with Crippen molar-refractivity contribution in [3.63, 3.8) is 0 Å². The summed E-state index contributed by atoms with van der Waals surface area (Å²) in [5.41, 5.74) is 12.1. The molecule has 0 saturated heterocycles. The van der Waals surface area contributed by atoms with E-state index in [-0.39, 0.29) is 0 Å². The second kappa shape index (κ2) is 8.83. The fourth-order valence-electron chi connectivity index (χ4n) is 5.64. The molecule has 2 aromatic heterocycles. The summed E-state index contributed by atoms with van der Waals surface area (Å²) in [7, 11) is 0. The van der Waals surface area contributed by atoms with Gasteiger partial charge in [0, 0.05) is 33.2 Å². The Labute approximate surface area is 218 Å². The summed E-state index contributed by atoms with van der Waals surface area (Å²) < 4.78 is 4.66. The molecule has 0 unspecified atom stereocenters. The summed E-state index contributed by atoms with van der Waals surface area (Å²) in [5, 5.41) is 3.75. The molecule has 0 aliphatic carbocycles. The predicted octanol–water partition coefficient (Wildman–Crippen LogP) is 9.54. The highest BCUT2D eigenvalue weighted by Gasteiger charge is 2.16. The summed E-state index contributed by atoms with van der Waals surface area (Å²) in [6.45, 7) is 14.5. The normalized spacial score (nSPS) is 12.0. The van der Waals surface area contributed by atoms with Gasteiger partial charge in [0.25, 0.3) is 0 Å². The van der Waals surface area contributed by atoms with Crippen molar-refractivity contribution in [2.24, 2.45) is 0 Å². The number of allylic oxidation sites excluding steroid dienone is 4. The third-order valence-electron chi connectivity index (χ3n) is 7.54. The number of hydrogen-bond acceptors (Lipinski definition) is 0. The minimum absolute atomic E-state index is 1.01. The molecule has 4 aromatic carbocycles. The molecule has 0 aliphatic rings. The molecule has 0 aliphatic heterocycles. The summed E-state index contributed by atoms with van der Waals surface area (Å²) in [4.78, 5) is 0. The topological polar surface area (TPSA) is 9.86 Å². The Morgan fingerprint density at radius 1 is 0.676 bits per heavy atom. The summed E-state index contributed by atoms with van der Waals surface area (Å²) in [6, 6.07) is 30.9. The van der Waals surface area contributed by atoms with Crippen LogP contribution < -0.4 is 0 Å². The number of benzene rings is 4. The van der Waals surface area contributed by atoms with Crippen LogP contribution in [-0.2, 0) is 0 Å². The van der Waals surface area contributed by atoms with Crippen LogP contribution in [0.5, 0.6) is 0 Å². The Balaban J connectivity index is 1.59. The van der Waals surface area contributed by atoms with Crippen molar-refractivity contribution < 1.29 is 0 Å². The highest BCUT2D eigenvalue weighted by atomic mass is 15.0. The summed E-state index contributed by atoms with van der Waals surface area (Å²) in [5.74, 6) is 0. The Hall–Kier alpha value is -4.56. The van der Waals surface area contributed by atoms with Crippen LogP contribution in [0.2, 0.25) is 0 Å². The molecular weight excluding hydrogens is 448 g/mol. The van der Waals surface area contributed by atoms with Crippen LogP contribution in [0, 0.1) is 20.8 Å². The van der Waals surface area contributed by atoms with Gasteiger partial charge in [0.2, 0.25) is 0 Å². The van der Waals surface area contributed by atoms with Gasteiger partial charge in [-0.1, -0.05) is 67.8 Å². The largest absolute Gasteiger partial charge is 0.314 e. The lowest BCUT2D eigenvalue weighted by atomic mass is 10.0. The lowest BCUT2D eigenvalue weighted by molar-refractivity contribution is 1.04. The van der Waals surface area contributed by atoms with Gasteiger partial charge in [-0.3, -0.25) is 0 Å². The van der Waals surface area contributed by atoms with E-state index in [2.05, 4.69) is 128 Å². The Bertz CT molecular complexity index is 1890. The van der Waals surface area contributed by atoms with E-state index >= 15 is 0 Å². The van der Waals surface area contributed by atoms with Crippen molar-refractivity contribution >= 4 is 38.4 Å². The van der Waals surface area contributed by atoms with E-state index in [1.807, 2.05) is 18.2 Å². The number of hydrogen-bond donors (Lipinski definition) is 0. The first-order valence-corrected chi connectivity index (χ1v) is 12.7. The molecule has 6 aromatic rings. The third kappa shape index (κ3) is 3.56. The molecule has 0 radical (unpaired) electrons. The lowest BCUT2D eigenvalue weighted by Crippen LogP contribution is -1.97. The molecule has 37 heavy (non-hydrogen) atoms. The van der Waals surface area contributed by atoms with Gasteiger partial charge in [-0.05, 0) is 91.6 Å². The zero-order chi connectivity index (χ0) is 25.7. The van der Waals surface area contributed by atoms with Crippen molar-refractivity contribution in [1.29, 1.82) is 0 Å². The van der Waals surface area contributed by atoms with Crippen molar-refractivity contribution in [2.45, 2.75) is 20.8 Å². The maximum Gasteiger partial charge on any atom is 0.0541 e. The van der Waals surface area contributed by atoms with Crippen molar-refractivity contribution in [3.05, 3.63) is 133 Å². The molecule has 6 rings (SSSR count). The van der Waals surface area contributed by atoms with Gasteiger partial charge < -0.3 is 9.13 Å². The average Bonchev–Trinajstić information content (AvgIpc) is 3.37. The van der Waals surface area contributed by atoms with Gasteiger partial charge in [-0.2, -0.15) is 0 Å². The van der Waals surface area contributed by atoms with E-state index < -0.39 is 0 Å². The van der Waals surface area contributed by atoms with E-state index in [0.717, 1.165) is 16.7 Å². The van der Waals surface area contributed by atoms with Gasteiger partial charge in [0.05, 0.1) is 16.6 Å².